The summed E-state index contributed by atoms with van der Waals surface area (Å²) >= 11 is 7.15. The molecular formula is C75H86ClN11O25. The van der Waals surface area contributed by atoms with Crippen LogP contribution in [0.2, 0.25) is 5.02 Å². The topological polar surface area (TPSA) is 561 Å². The molecule has 37 heteroatoms. The largest absolute Gasteiger partial charge is 0.508 e. The van der Waals surface area contributed by atoms with Crippen LogP contribution in [0.25, 0.3) is 11.1 Å². The van der Waals surface area contributed by atoms with E-state index in [1.54, 1.807) is 12.1 Å². The number of ether oxygens (including phenoxy) is 7. The van der Waals surface area contributed by atoms with Gasteiger partial charge in [0.2, 0.25) is 65.2 Å². The van der Waals surface area contributed by atoms with Gasteiger partial charge in [0.05, 0.1) is 50.0 Å². The fourth-order valence-corrected chi connectivity index (χ4v) is 13.9. The minimum Gasteiger partial charge on any atom is -0.508 e. The first kappa shape index (κ1) is 82.0. The van der Waals surface area contributed by atoms with E-state index in [1.165, 1.54) is 70.5 Å². The van der Waals surface area contributed by atoms with Crippen molar-refractivity contribution in [3.8, 4) is 62.9 Å². The van der Waals surface area contributed by atoms with Gasteiger partial charge in [0.1, 0.15) is 101 Å². The van der Waals surface area contributed by atoms with E-state index < -0.39 is 244 Å². The first-order valence-corrected chi connectivity index (χ1v) is 35.8. The summed E-state index contributed by atoms with van der Waals surface area (Å²) < 4.78 is 43.8. The molecule has 7 aliphatic heterocycles. The number of nitrogens with two attached hydrogens (primary N) is 2. The number of aliphatic hydroxyl groups excluding tert-OH is 6. The lowest BCUT2D eigenvalue weighted by molar-refractivity contribution is -0.333. The van der Waals surface area contributed by atoms with Crippen LogP contribution >= 0.6 is 11.6 Å². The van der Waals surface area contributed by atoms with Crippen LogP contribution in [0.3, 0.4) is 0 Å². The number of aliphatic hydroxyl groups is 6. The minimum absolute atomic E-state index is 0.0540. The van der Waals surface area contributed by atoms with Crippen molar-refractivity contribution in [3.63, 3.8) is 0 Å². The molecule has 0 spiro atoms. The predicted molar refractivity (Wildman–Crippen MR) is 391 cm³/mol. The van der Waals surface area contributed by atoms with Crippen molar-refractivity contribution in [1.29, 1.82) is 0 Å². The van der Waals surface area contributed by atoms with Gasteiger partial charge in [-0.1, -0.05) is 55.8 Å². The number of likely N-dealkylation sites (N-methyl/N-ethyl adjacent to an activating group) is 1. The Morgan fingerprint density at radius 3 is 2.07 bits per heavy atom. The van der Waals surface area contributed by atoms with Crippen LogP contribution in [0.5, 0.6) is 51.7 Å². The average Bonchev–Trinajstić information content (AvgIpc) is 0.762. The summed E-state index contributed by atoms with van der Waals surface area (Å²) in [5.74, 6) is -15.4. The molecule has 6 aromatic rings. The fourth-order valence-electron chi connectivity index (χ4n) is 13.6. The van der Waals surface area contributed by atoms with Crippen LogP contribution in [0.15, 0.2) is 109 Å². The number of carbonyl (C=O) groups is 9. The Balaban J connectivity index is 1.12. The predicted octanol–water partition coefficient (Wildman–Crippen LogP) is 0.132. The van der Waals surface area contributed by atoms with Crippen LogP contribution in [-0.4, -0.2) is 205 Å². The molecular weight excluding hydrogens is 1490 g/mol. The van der Waals surface area contributed by atoms with E-state index in [2.05, 4.69) is 47.9 Å². The third-order valence-electron chi connectivity index (χ3n) is 19.5. The number of carbonyl (C=O) groups excluding carboxylic acids is 9. The highest BCUT2D eigenvalue weighted by Crippen LogP contribution is 2.49. The molecule has 0 aliphatic carbocycles. The zero-order chi connectivity index (χ0) is 81.1. The molecule has 22 N–H and O–H groups in total. The molecule has 36 nitrogen and oxygen atoms in total. The summed E-state index contributed by atoms with van der Waals surface area (Å²) in [6.45, 7) is 4.90. The summed E-state index contributed by atoms with van der Waals surface area (Å²) in [6, 6.07) is 7.57. The number of aromatic hydroxyl groups is 3. The molecule has 13 rings (SSSR count). The van der Waals surface area contributed by atoms with Crippen LogP contribution in [0.1, 0.15) is 105 Å². The van der Waals surface area contributed by atoms with E-state index in [4.69, 9.17) is 56.2 Å². The average molecular weight is 1580 g/mol. The number of hydrogen-bond donors (Lipinski definition) is 20. The van der Waals surface area contributed by atoms with Gasteiger partial charge in [-0.15, -0.1) is 0 Å². The van der Waals surface area contributed by atoms with Gasteiger partial charge < -0.3 is 138 Å². The molecule has 0 aromatic heterocycles. The summed E-state index contributed by atoms with van der Waals surface area (Å²) in [7, 11) is 2.88. The minimum atomic E-state index is -2.34. The van der Waals surface area contributed by atoms with Gasteiger partial charge in [-0.2, -0.15) is 0 Å². The van der Waals surface area contributed by atoms with Crippen molar-refractivity contribution in [2.24, 2.45) is 17.4 Å². The van der Waals surface area contributed by atoms with E-state index in [-0.39, 0.29) is 52.6 Å². The second kappa shape index (κ2) is 34.3. The lowest BCUT2D eigenvalue weighted by Crippen LogP contribution is -2.64. The smallest absolute Gasteiger partial charge is 0.248 e. The van der Waals surface area contributed by atoms with Gasteiger partial charge in [-0.25, -0.2) is 0 Å². The molecule has 2 fully saturated rings. The van der Waals surface area contributed by atoms with Crippen LogP contribution in [0.4, 0.5) is 5.69 Å². The van der Waals surface area contributed by atoms with Crippen LogP contribution in [0, 0.1) is 5.92 Å². The lowest BCUT2D eigenvalue weighted by Gasteiger charge is -2.47. The number of hydrogen-bond acceptors (Lipinski definition) is 27. The number of nitrogens with one attached hydrogen (secondary N) is 9. The van der Waals surface area contributed by atoms with Crippen molar-refractivity contribution in [2.45, 2.75) is 156 Å². The summed E-state index contributed by atoms with van der Waals surface area (Å²) in [6.07, 6.45) is -18.4. The molecule has 11 bridgehead atoms. The SMILES string of the molecule is CN[C@H](CC(C)C)C(=O)N[C@H]1C(=O)N[C@@H](CC(N)=O)C(=O)NC2C(=O)N[C@H]3C(=O)N[C@H](C(=O)NC(C(=O)NCC(=O)Nc4cccc(OC)c4)c4cc(O)cc(O)c4-c4cc3ccc4O)[C@H](O)c3ccc(c(Cl)c3)Oc3cc2cc(c3O[C@@H]2O[C@H](CO)[C@@H](O)[C@H](O)[C@H]2OC2C[C@](C)(N)[C@H](O)[C@H](C)O2)Oc2ccc(cc2)[C@H]1O. The molecule has 2 saturated heterocycles. The van der Waals surface area contributed by atoms with Gasteiger partial charge >= 0.3 is 0 Å². The van der Waals surface area contributed by atoms with Crippen molar-refractivity contribution in [3.05, 3.63) is 142 Å². The number of phenols is 3. The summed E-state index contributed by atoms with van der Waals surface area (Å²) in [5.41, 5.74) is 8.59. The first-order chi connectivity index (χ1) is 53.1. The van der Waals surface area contributed by atoms with E-state index in [0.29, 0.717) is 5.75 Å². The maximum absolute atomic E-state index is 16.2. The Labute approximate surface area is 643 Å². The molecule has 598 valence electrons. The Morgan fingerprint density at radius 2 is 1.40 bits per heavy atom. The second-order valence-electron chi connectivity index (χ2n) is 28.3. The fraction of sp³-hybridized carbons (Fsp3) is 0.400. The van der Waals surface area contributed by atoms with Gasteiger partial charge in [-0.05, 0) is 128 Å². The maximum Gasteiger partial charge on any atom is 0.248 e. The van der Waals surface area contributed by atoms with E-state index in [0.717, 1.165) is 54.6 Å². The second-order valence-corrected chi connectivity index (χ2v) is 28.7. The van der Waals surface area contributed by atoms with E-state index in [9.17, 15) is 69.9 Å². The number of fused-ring (bicyclic) bond motifs is 15. The number of rotatable bonds is 17. The van der Waals surface area contributed by atoms with Gasteiger partial charge in [0, 0.05) is 40.9 Å². The van der Waals surface area contributed by atoms with Crippen molar-refractivity contribution < 1.29 is 122 Å². The van der Waals surface area contributed by atoms with Crippen LogP contribution in [-0.2, 0) is 57.4 Å². The highest BCUT2D eigenvalue weighted by Gasteiger charge is 2.52. The zero-order valence-electron chi connectivity index (χ0n) is 60.9. The molecule has 6 aromatic carbocycles. The number of phenolic OH excluding ortho intramolecular Hbond substituents is 3. The lowest BCUT2D eigenvalue weighted by atomic mass is 9.86. The third-order valence-corrected chi connectivity index (χ3v) is 19.8. The van der Waals surface area contributed by atoms with Gasteiger partial charge in [0.15, 0.2) is 23.9 Å². The number of benzene rings is 6. The molecule has 7 aliphatic rings. The highest BCUT2D eigenvalue weighted by atomic mass is 35.5. The maximum atomic E-state index is 16.2. The Hall–Kier alpha value is -11.0. The molecule has 7 heterocycles. The van der Waals surface area contributed by atoms with Gasteiger partial charge in [0.25, 0.3) is 0 Å². The Kier molecular flexibility index (Phi) is 25.1. The van der Waals surface area contributed by atoms with Crippen LogP contribution < -0.4 is 78.3 Å². The molecule has 112 heavy (non-hydrogen) atoms. The normalized spacial score (nSPS) is 27.5. The first-order valence-electron chi connectivity index (χ1n) is 35.4. The summed E-state index contributed by atoms with van der Waals surface area (Å²) in [4.78, 5) is 133. The number of halogens is 1. The Morgan fingerprint density at radius 1 is 0.723 bits per heavy atom. The highest BCUT2D eigenvalue weighted by molar-refractivity contribution is 6.32. The number of anilines is 1. The molecule has 9 amide bonds. The zero-order valence-corrected chi connectivity index (χ0v) is 61.7. The standard InChI is InChI=1S/C75H86ClN11O25/c1-30(2)18-43(79-5)67(99)86-58-60(94)32-10-14-38(15-11-32)108-48-21-35-22-49(64(48)112-74-65(63(97)62(96)50(29-88)110-74)111-53-27-75(4,78)66(98)31(3)107-53)109-47-17-13-34(20-42(47)76)61(95)59-73(105)85-57(69(101)80-28-52(93)81-36-8-7-9-39(23-36)106-6)41-24-37(89)25-46(91)54(41)40-19-33(12-16-45(40)90)55(70(102)87-59)84-71(103)56(35)83-68(100)44(26-51(77)92)82-72(58)104/h7-17,19-25,30-31,43-44,50,53,55-63,65-66,74,79,88-91,94-98H,18,26-29,78H2,1-6H3,(H2,77,92)(H,80,101)(H,81,93)(H,82,104)(H,83,100)(H,84,103)(H,85,105)(H,86,99)(H,87,102)/t31-,43+,44-,50+,53?,55+,56?,57?,58+,59-,60+,61+,62+,63-,65+,66+,74-,75-/m0/s1. The molecule has 18 atom stereocenters. The van der Waals surface area contributed by atoms with E-state index in [1.807, 2.05) is 13.8 Å². The summed E-state index contributed by atoms with van der Waals surface area (Å²) in [5, 5.41) is 127. The quantitative estimate of drug-likeness (QED) is 0.0577. The molecule has 0 radical (unpaired) electrons. The van der Waals surface area contributed by atoms with Gasteiger partial charge in [-0.3, -0.25) is 43.2 Å². The van der Waals surface area contributed by atoms with Crippen molar-refractivity contribution >= 4 is 70.5 Å². The van der Waals surface area contributed by atoms with Crippen molar-refractivity contribution in [2.75, 3.05) is 32.6 Å². The molecule has 0 saturated carbocycles. The third kappa shape index (κ3) is 18.1. The molecule has 3 unspecified atom stereocenters. The number of methoxy groups -OCH3 is 1. The number of amides is 9. The van der Waals surface area contributed by atoms with E-state index >= 15 is 19.2 Å². The Bertz CT molecular complexity index is 4590. The van der Waals surface area contributed by atoms with Crippen molar-refractivity contribution in [1.82, 2.24) is 42.5 Å². The number of primary amides is 1. The monoisotopic (exact) mass is 1580 g/mol.